The first kappa shape index (κ1) is 14.6. The van der Waals surface area contributed by atoms with Crippen LogP contribution in [0.2, 0.25) is 0 Å². The van der Waals surface area contributed by atoms with Gasteiger partial charge >= 0.3 is 0 Å². The Kier molecular flexibility index (Phi) is 4.76. The summed E-state index contributed by atoms with van der Waals surface area (Å²) < 4.78 is 30.9. The highest BCUT2D eigenvalue weighted by molar-refractivity contribution is 7.89. The fourth-order valence-corrected chi connectivity index (χ4v) is 2.19. The van der Waals surface area contributed by atoms with E-state index < -0.39 is 10.0 Å². The molecule has 20 heavy (non-hydrogen) atoms. The van der Waals surface area contributed by atoms with Gasteiger partial charge in [0.2, 0.25) is 10.0 Å². The van der Waals surface area contributed by atoms with Crippen LogP contribution in [0.4, 0.5) is 0 Å². The van der Waals surface area contributed by atoms with Gasteiger partial charge in [-0.2, -0.15) is 0 Å². The number of para-hydroxylation sites is 1. The smallest absolute Gasteiger partial charge is 0.211 e. The number of hydrogen-bond acceptors (Lipinski definition) is 3. The molecule has 2 aromatic carbocycles. The molecule has 0 heterocycles. The Morgan fingerprint density at radius 3 is 2.15 bits per heavy atom. The molecule has 0 fully saturated rings. The minimum atomic E-state index is -3.16. The average Bonchev–Trinajstić information content (AvgIpc) is 2.48. The molecule has 0 amide bonds. The van der Waals surface area contributed by atoms with Crippen molar-refractivity contribution in [2.24, 2.45) is 0 Å². The molecule has 0 aromatic heterocycles. The summed E-state index contributed by atoms with van der Waals surface area (Å²) >= 11 is 0. The molecule has 2 rings (SSSR count). The number of rotatable bonds is 6. The van der Waals surface area contributed by atoms with E-state index in [-0.39, 0.29) is 5.75 Å². The lowest BCUT2D eigenvalue weighted by Gasteiger charge is -2.07. The Labute approximate surface area is 119 Å². The van der Waals surface area contributed by atoms with Crippen LogP contribution >= 0.6 is 0 Å². The monoisotopic (exact) mass is 291 g/mol. The summed E-state index contributed by atoms with van der Waals surface area (Å²) in [6, 6.07) is 16.8. The van der Waals surface area contributed by atoms with Crippen LogP contribution in [0.15, 0.2) is 54.6 Å². The van der Waals surface area contributed by atoms with Gasteiger partial charge in [-0.1, -0.05) is 30.3 Å². The number of ether oxygens (including phenoxy) is 1. The maximum Gasteiger partial charge on any atom is 0.211 e. The van der Waals surface area contributed by atoms with Gasteiger partial charge in [-0.25, -0.2) is 13.1 Å². The Hall–Kier alpha value is -1.85. The Bertz CT molecular complexity index is 637. The summed E-state index contributed by atoms with van der Waals surface area (Å²) in [7, 11) is -3.16. The molecule has 0 aliphatic heterocycles. The molecule has 2 aromatic rings. The molecule has 0 saturated carbocycles. The van der Waals surface area contributed by atoms with Gasteiger partial charge in [0.1, 0.15) is 11.5 Å². The number of hydrogen-bond donors (Lipinski definition) is 1. The third kappa shape index (κ3) is 4.36. The predicted octanol–water partition coefficient (Wildman–Crippen LogP) is 2.92. The van der Waals surface area contributed by atoms with E-state index in [1.807, 2.05) is 54.6 Å². The zero-order valence-corrected chi connectivity index (χ0v) is 12.1. The zero-order chi connectivity index (χ0) is 14.4. The second-order valence-corrected chi connectivity index (χ2v) is 6.38. The normalized spacial score (nSPS) is 11.2. The average molecular weight is 291 g/mol. The van der Waals surface area contributed by atoms with Gasteiger partial charge < -0.3 is 4.74 Å². The highest BCUT2D eigenvalue weighted by Gasteiger charge is 2.05. The van der Waals surface area contributed by atoms with Crippen LogP contribution in [0.5, 0.6) is 11.5 Å². The first-order valence-electron chi connectivity index (χ1n) is 6.38. The van der Waals surface area contributed by atoms with Crippen molar-refractivity contribution in [1.29, 1.82) is 0 Å². The first-order valence-corrected chi connectivity index (χ1v) is 8.03. The lowest BCUT2D eigenvalue weighted by molar-refractivity contribution is 0.482. The lowest BCUT2D eigenvalue weighted by Crippen LogP contribution is -2.24. The van der Waals surface area contributed by atoms with Crippen LogP contribution in [-0.2, 0) is 16.6 Å². The van der Waals surface area contributed by atoms with Gasteiger partial charge in [0.25, 0.3) is 0 Å². The van der Waals surface area contributed by atoms with Gasteiger partial charge in [-0.05, 0) is 36.8 Å². The number of nitrogens with one attached hydrogen (secondary N) is 1. The Morgan fingerprint density at radius 2 is 1.55 bits per heavy atom. The molecule has 0 aliphatic carbocycles. The summed E-state index contributed by atoms with van der Waals surface area (Å²) in [6.07, 6.45) is 0. The predicted molar refractivity (Wildman–Crippen MR) is 79.3 cm³/mol. The minimum absolute atomic E-state index is 0.0855. The summed E-state index contributed by atoms with van der Waals surface area (Å²) in [5.74, 6) is 1.58. The highest BCUT2D eigenvalue weighted by Crippen LogP contribution is 2.21. The van der Waals surface area contributed by atoms with E-state index in [1.54, 1.807) is 6.92 Å². The summed E-state index contributed by atoms with van der Waals surface area (Å²) in [5, 5.41) is 0. The van der Waals surface area contributed by atoms with E-state index in [4.69, 9.17) is 4.74 Å². The molecule has 4 nitrogen and oxygen atoms in total. The van der Waals surface area contributed by atoms with Crippen molar-refractivity contribution in [1.82, 2.24) is 4.72 Å². The molecule has 0 unspecified atom stereocenters. The molecule has 0 saturated heterocycles. The SMILES string of the molecule is CCS(=O)(=O)NCc1ccc(Oc2ccccc2)cc1. The lowest BCUT2D eigenvalue weighted by atomic mass is 10.2. The van der Waals surface area contributed by atoms with Crippen molar-refractivity contribution in [3.05, 3.63) is 60.2 Å². The van der Waals surface area contributed by atoms with E-state index in [0.717, 1.165) is 17.1 Å². The van der Waals surface area contributed by atoms with E-state index in [2.05, 4.69) is 4.72 Å². The Balaban J connectivity index is 1.96. The standard InChI is InChI=1S/C15H17NO3S/c1-2-20(17,18)16-12-13-8-10-15(11-9-13)19-14-6-4-3-5-7-14/h3-11,16H,2,12H2,1H3. The van der Waals surface area contributed by atoms with Crippen LogP contribution in [0, 0.1) is 0 Å². The largest absolute Gasteiger partial charge is 0.457 e. The molecule has 0 aliphatic rings. The van der Waals surface area contributed by atoms with Crippen molar-refractivity contribution in [2.45, 2.75) is 13.5 Å². The van der Waals surface area contributed by atoms with Crippen molar-refractivity contribution >= 4 is 10.0 Å². The van der Waals surface area contributed by atoms with E-state index in [1.165, 1.54) is 0 Å². The second kappa shape index (κ2) is 6.54. The van der Waals surface area contributed by atoms with E-state index in [9.17, 15) is 8.42 Å². The van der Waals surface area contributed by atoms with Crippen LogP contribution in [0.3, 0.4) is 0 Å². The molecule has 1 N–H and O–H groups in total. The van der Waals surface area contributed by atoms with Crippen LogP contribution < -0.4 is 9.46 Å². The molecule has 0 radical (unpaired) electrons. The van der Waals surface area contributed by atoms with Gasteiger partial charge in [-0.15, -0.1) is 0 Å². The first-order chi connectivity index (χ1) is 9.59. The summed E-state index contributed by atoms with van der Waals surface area (Å²) in [6.45, 7) is 1.90. The molecule has 0 atom stereocenters. The minimum Gasteiger partial charge on any atom is -0.457 e. The zero-order valence-electron chi connectivity index (χ0n) is 11.2. The van der Waals surface area contributed by atoms with Crippen LogP contribution in [-0.4, -0.2) is 14.2 Å². The topological polar surface area (TPSA) is 55.4 Å². The second-order valence-electron chi connectivity index (χ2n) is 4.28. The van der Waals surface area contributed by atoms with E-state index in [0.29, 0.717) is 6.54 Å². The van der Waals surface area contributed by atoms with Gasteiger partial charge in [0, 0.05) is 6.54 Å². The van der Waals surface area contributed by atoms with E-state index >= 15 is 0 Å². The molecule has 5 heteroatoms. The molecular formula is C15H17NO3S. The van der Waals surface area contributed by atoms with Crippen molar-refractivity contribution in [3.8, 4) is 11.5 Å². The highest BCUT2D eigenvalue weighted by atomic mass is 32.2. The maximum atomic E-state index is 11.3. The van der Waals surface area contributed by atoms with Crippen LogP contribution in [0.25, 0.3) is 0 Å². The fourth-order valence-electron chi connectivity index (χ4n) is 1.60. The van der Waals surface area contributed by atoms with Crippen LogP contribution in [0.1, 0.15) is 12.5 Å². The maximum absolute atomic E-state index is 11.3. The van der Waals surface area contributed by atoms with Crippen molar-refractivity contribution in [3.63, 3.8) is 0 Å². The Morgan fingerprint density at radius 1 is 0.950 bits per heavy atom. The quantitative estimate of drug-likeness (QED) is 0.890. The van der Waals surface area contributed by atoms with Crippen molar-refractivity contribution in [2.75, 3.05) is 5.75 Å². The number of benzene rings is 2. The fraction of sp³-hybridized carbons (Fsp3) is 0.200. The number of sulfonamides is 1. The van der Waals surface area contributed by atoms with Gasteiger partial charge in [0.05, 0.1) is 5.75 Å². The van der Waals surface area contributed by atoms with Gasteiger partial charge in [-0.3, -0.25) is 0 Å². The van der Waals surface area contributed by atoms with Gasteiger partial charge in [0.15, 0.2) is 0 Å². The summed E-state index contributed by atoms with van der Waals surface area (Å²) in [4.78, 5) is 0. The van der Waals surface area contributed by atoms with Crippen molar-refractivity contribution < 1.29 is 13.2 Å². The summed E-state index contributed by atoms with van der Waals surface area (Å²) in [5.41, 5.74) is 0.891. The third-order valence-electron chi connectivity index (χ3n) is 2.78. The molecular weight excluding hydrogens is 274 g/mol. The molecule has 0 bridgehead atoms. The molecule has 0 spiro atoms. The third-order valence-corrected chi connectivity index (χ3v) is 4.12. The molecule has 106 valence electrons.